The molecule has 0 heterocycles. The van der Waals surface area contributed by atoms with Gasteiger partial charge in [0.2, 0.25) is 0 Å². The highest BCUT2D eigenvalue weighted by Crippen LogP contribution is 2.30. The molecule has 0 aliphatic carbocycles. The lowest BCUT2D eigenvalue weighted by atomic mass is 9.97. The van der Waals surface area contributed by atoms with Crippen molar-refractivity contribution in [2.24, 2.45) is 0 Å². The molecule has 0 saturated carbocycles. The van der Waals surface area contributed by atoms with E-state index in [2.05, 4.69) is 5.32 Å². The van der Waals surface area contributed by atoms with E-state index in [9.17, 15) is 13.2 Å². The first-order valence-corrected chi connectivity index (χ1v) is 7.04. The molecule has 0 bridgehead atoms. The normalized spacial score (nSPS) is 12.4. The fraction of sp³-hybridized carbons (Fsp3) is 0.250. The van der Waals surface area contributed by atoms with Gasteiger partial charge in [0.1, 0.15) is 17.5 Å². The minimum Gasteiger partial charge on any atom is -0.306 e. The molecule has 1 nitrogen and oxygen atoms in total. The fourth-order valence-corrected chi connectivity index (χ4v) is 2.34. The lowest BCUT2D eigenvalue weighted by molar-refractivity contribution is 0.513. The summed E-state index contributed by atoms with van der Waals surface area (Å²) in [6.45, 7) is 2.47. The third-order valence-electron chi connectivity index (χ3n) is 3.16. The van der Waals surface area contributed by atoms with Crippen molar-refractivity contribution in [3.8, 4) is 0 Å². The predicted octanol–water partition coefficient (Wildman–Crippen LogP) is 4.85. The first-order valence-electron chi connectivity index (χ1n) is 6.66. The zero-order valence-electron chi connectivity index (χ0n) is 11.5. The summed E-state index contributed by atoms with van der Waals surface area (Å²) in [6.07, 6.45) is 0.773. The molecule has 0 aliphatic heterocycles. The Morgan fingerprint density at radius 1 is 1.10 bits per heavy atom. The van der Waals surface area contributed by atoms with Gasteiger partial charge in [0.05, 0.1) is 11.1 Å². The fourth-order valence-electron chi connectivity index (χ4n) is 2.16. The van der Waals surface area contributed by atoms with Crippen molar-refractivity contribution in [3.63, 3.8) is 0 Å². The third kappa shape index (κ3) is 3.57. The largest absolute Gasteiger partial charge is 0.306 e. The van der Waals surface area contributed by atoms with Gasteiger partial charge in [-0.3, -0.25) is 0 Å². The monoisotopic (exact) mass is 313 g/mol. The standard InChI is InChI=1S/C16H15ClF3N/c1-2-8-21-16(11-4-3-5-13(17)15(11)20)12-9-10(18)6-7-14(12)19/h3-7,9,16,21H,2,8H2,1H3. The van der Waals surface area contributed by atoms with Gasteiger partial charge in [-0.05, 0) is 37.2 Å². The minimum atomic E-state index is -0.792. The van der Waals surface area contributed by atoms with Crippen LogP contribution in [0.1, 0.15) is 30.5 Å². The van der Waals surface area contributed by atoms with Crippen molar-refractivity contribution in [1.82, 2.24) is 5.32 Å². The van der Waals surface area contributed by atoms with Crippen LogP contribution in [0.4, 0.5) is 13.2 Å². The molecule has 0 aliphatic rings. The smallest absolute Gasteiger partial charge is 0.146 e. The molecule has 0 spiro atoms. The Morgan fingerprint density at radius 3 is 2.57 bits per heavy atom. The molecule has 2 aromatic rings. The average Bonchev–Trinajstić information content (AvgIpc) is 2.47. The molecule has 0 amide bonds. The van der Waals surface area contributed by atoms with Crippen LogP contribution in [0.5, 0.6) is 0 Å². The summed E-state index contributed by atoms with van der Waals surface area (Å²) < 4.78 is 41.6. The summed E-state index contributed by atoms with van der Waals surface area (Å²) in [5.74, 6) is -1.79. The van der Waals surface area contributed by atoms with Crippen LogP contribution in [0.25, 0.3) is 0 Å². The van der Waals surface area contributed by atoms with Crippen LogP contribution < -0.4 is 5.32 Å². The first kappa shape index (κ1) is 15.9. The molecule has 0 aromatic heterocycles. The Bertz CT molecular complexity index is 629. The van der Waals surface area contributed by atoms with E-state index < -0.39 is 23.5 Å². The van der Waals surface area contributed by atoms with Crippen LogP contribution in [0.15, 0.2) is 36.4 Å². The predicted molar refractivity (Wildman–Crippen MR) is 77.9 cm³/mol. The lowest BCUT2D eigenvalue weighted by Gasteiger charge is -2.21. The van der Waals surface area contributed by atoms with E-state index in [1.807, 2.05) is 6.92 Å². The van der Waals surface area contributed by atoms with E-state index in [1.54, 1.807) is 6.07 Å². The minimum absolute atomic E-state index is 0.0485. The maximum Gasteiger partial charge on any atom is 0.146 e. The maximum atomic E-state index is 14.2. The van der Waals surface area contributed by atoms with Crippen LogP contribution in [0.3, 0.4) is 0 Å². The second-order valence-electron chi connectivity index (χ2n) is 4.70. The van der Waals surface area contributed by atoms with E-state index in [1.165, 1.54) is 12.1 Å². The number of rotatable bonds is 5. The Morgan fingerprint density at radius 2 is 1.86 bits per heavy atom. The van der Waals surface area contributed by atoms with Crippen LogP contribution in [0, 0.1) is 17.5 Å². The summed E-state index contributed by atoms with van der Waals surface area (Å²) in [6, 6.07) is 6.86. The SMILES string of the molecule is CCCNC(c1cc(F)ccc1F)c1cccc(Cl)c1F. The van der Waals surface area contributed by atoms with Crippen molar-refractivity contribution in [2.45, 2.75) is 19.4 Å². The van der Waals surface area contributed by atoms with Gasteiger partial charge in [-0.25, -0.2) is 13.2 Å². The molecule has 5 heteroatoms. The van der Waals surface area contributed by atoms with Gasteiger partial charge in [-0.15, -0.1) is 0 Å². The summed E-state index contributed by atoms with van der Waals surface area (Å²) in [5, 5.41) is 2.98. The zero-order chi connectivity index (χ0) is 15.4. The highest BCUT2D eigenvalue weighted by molar-refractivity contribution is 6.30. The van der Waals surface area contributed by atoms with Crippen LogP contribution >= 0.6 is 11.6 Å². The van der Waals surface area contributed by atoms with Gasteiger partial charge in [0, 0.05) is 11.1 Å². The Kier molecular flexibility index (Phi) is 5.26. The summed E-state index contributed by atoms with van der Waals surface area (Å²) in [4.78, 5) is 0. The van der Waals surface area contributed by atoms with E-state index in [-0.39, 0.29) is 16.1 Å². The zero-order valence-corrected chi connectivity index (χ0v) is 12.2. The maximum absolute atomic E-state index is 14.2. The van der Waals surface area contributed by atoms with Crippen molar-refractivity contribution in [3.05, 3.63) is 70.0 Å². The molecule has 0 fully saturated rings. The topological polar surface area (TPSA) is 12.0 Å². The number of halogens is 4. The van der Waals surface area contributed by atoms with Crippen molar-refractivity contribution >= 4 is 11.6 Å². The van der Waals surface area contributed by atoms with Gasteiger partial charge in [0.25, 0.3) is 0 Å². The van der Waals surface area contributed by atoms with Gasteiger partial charge in [0.15, 0.2) is 0 Å². The average molecular weight is 314 g/mol. The third-order valence-corrected chi connectivity index (χ3v) is 3.45. The quantitative estimate of drug-likeness (QED) is 0.832. The molecular formula is C16H15ClF3N. The van der Waals surface area contributed by atoms with E-state index in [4.69, 9.17) is 11.6 Å². The number of hydrogen-bond donors (Lipinski definition) is 1. The van der Waals surface area contributed by atoms with Crippen molar-refractivity contribution in [2.75, 3.05) is 6.54 Å². The first-order chi connectivity index (χ1) is 10.0. The number of hydrogen-bond acceptors (Lipinski definition) is 1. The summed E-state index contributed by atoms with van der Waals surface area (Å²) in [7, 11) is 0. The van der Waals surface area contributed by atoms with Crippen LogP contribution in [-0.2, 0) is 0 Å². The molecule has 1 atom stereocenters. The molecule has 0 radical (unpaired) electrons. The van der Waals surface area contributed by atoms with Gasteiger partial charge >= 0.3 is 0 Å². The van der Waals surface area contributed by atoms with Gasteiger partial charge in [-0.1, -0.05) is 30.7 Å². The molecule has 0 saturated heterocycles. The molecule has 1 N–H and O–H groups in total. The second kappa shape index (κ2) is 6.96. The molecule has 21 heavy (non-hydrogen) atoms. The molecule has 2 rings (SSSR count). The molecule has 1 unspecified atom stereocenters. The highest BCUT2D eigenvalue weighted by Gasteiger charge is 2.22. The molecule has 112 valence electrons. The molecular weight excluding hydrogens is 299 g/mol. The van der Waals surface area contributed by atoms with E-state index in [0.29, 0.717) is 6.54 Å². The van der Waals surface area contributed by atoms with Crippen molar-refractivity contribution in [1.29, 1.82) is 0 Å². The van der Waals surface area contributed by atoms with Crippen LogP contribution in [0.2, 0.25) is 5.02 Å². The Balaban J connectivity index is 2.52. The van der Waals surface area contributed by atoms with Crippen molar-refractivity contribution < 1.29 is 13.2 Å². The highest BCUT2D eigenvalue weighted by atomic mass is 35.5. The van der Waals surface area contributed by atoms with E-state index >= 15 is 0 Å². The summed E-state index contributed by atoms with van der Waals surface area (Å²) >= 11 is 5.78. The number of nitrogens with one attached hydrogen (secondary N) is 1. The van der Waals surface area contributed by atoms with Gasteiger partial charge in [-0.2, -0.15) is 0 Å². The van der Waals surface area contributed by atoms with Gasteiger partial charge < -0.3 is 5.32 Å². The Labute approximate surface area is 126 Å². The van der Waals surface area contributed by atoms with Crippen LogP contribution in [-0.4, -0.2) is 6.54 Å². The molecule has 2 aromatic carbocycles. The lowest BCUT2D eigenvalue weighted by Crippen LogP contribution is -2.25. The van der Waals surface area contributed by atoms with E-state index in [0.717, 1.165) is 24.6 Å². The summed E-state index contributed by atoms with van der Waals surface area (Å²) in [5.41, 5.74) is 0.255. The Hall–Kier alpha value is -1.52. The second-order valence-corrected chi connectivity index (χ2v) is 5.10. The number of benzene rings is 2.